The summed E-state index contributed by atoms with van der Waals surface area (Å²) in [7, 11) is 0. The van der Waals surface area contributed by atoms with Crippen LogP contribution in [-0.4, -0.2) is 29.0 Å². The van der Waals surface area contributed by atoms with Gasteiger partial charge in [0.15, 0.2) is 5.13 Å². The van der Waals surface area contributed by atoms with Crippen LogP contribution in [0.4, 0.5) is 5.13 Å². The van der Waals surface area contributed by atoms with Crippen LogP contribution in [0, 0.1) is 6.92 Å². The second kappa shape index (κ2) is 6.94. The number of thiophene rings is 1. The number of nitrogens with one attached hydrogen (secondary N) is 1. The minimum Gasteiger partial charge on any atom is -0.349 e. The molecule has 1 N–H and O–H groups in total. The molecule has 0 fully saturated rings. The predicted octanol–water partition coefficient (Wildman–Crippen LogP) is 3.90. The van der Waals surface area contributed by atoms with Gasteiger partial charge in [-0.05, 0) is 26.8 Å². The van der Waals surface area contributed by atoms with Gasteiger partial charge in [-0.15, -0.1) is 22.7 Å². The van der Waals surface area contributed by atoms with Gasteiger partial charge in [-0.1, -0.05) is 11.3 Å². The maximum atomic E-state index is 12.3. The summed E-state index contributed by atoms with van der Waals surface area (Å²) in [5.74, 6) is -0.0600. The fourth-order valence-electron chi connectivity index (χ4n) is 2.21. The van der Waals surface area contributed by atoms with Gasteiger partial charge in [0.25, 0.3) is 5.91 Å². The van der Waals surface area contributed by atoms with Crippen molar-refractivity contribution in [2.24, 2.45) is 0 Å². The highest BCUT2D eigenvalue weighted by Crippen LogP contribution is 2.34. The number of hydrogen-bond donors (Lipinski definition) is 1. The second-order valence-electron chi connectivity index (χ2n) is 4.99. The number of hydrogen-bond acceptors (Lipinski definition) is 7. The Hall–Kier alpha value is -1.51. The molecule has 122 valence electrons. The highest BCUT2D eigenvalue weighted by molar-refractivity contribution is 7.29. The van der Waals surface area contributed by atoms with Crippen LogP contribution in [0.5, 0.6) is 0 Å². The lowest BCUT2D eigenvalue weighted by molar-refractivity contribution is 0.0954. The topological polar surface area (TPSA) is 58.1 Å². The number of amides is 1. The van der Waals surface area contributed by atoms with Crippen LogP contribution in [0.15, 0.2) is 11.4 Å². The third-order valence-electron chi connectivity index (χ3n) is 3.43. The van der Waals surface area contributed by atoms with Crippen molar-refractivity contribution >= 4 is 54.6 Å². The summed E-state index contributed by atoms with van der Waals surface area (Å²) in [5, 5.41) is 6.94. The van der Waals surface area contributed by atoms with Gasteiger partial charge in [0.1, 0.15) is 4.83 Å². The molecule has 0 saturated heterocycles. The zero-order valence-corrected chi connectivity index (χ0v) is 15.7. The van der Waals surface area contributed by atoms with E-state index in [0.29, 0.717) is 11.4 Å². The maximum absolute atomic E-state index is 12.3. The van der Waals surface area contributed by atoms with Crippen molar-refractivity contribution in [3.63, 3.8) is 0 Å². The molecule has 3 heterocycles. The Morgan fingerprint density at radius 2 is 2.04 bits per heavy atom. The molecule has 0 aliphatic carbocycles. The molecule has 3 rings (SSSR count). The molecule has 3 aromatic heterocycles. The fraction of sp³-hybridized carbons (Fsp3) is 0.400. The smallest absolute Gasteiger partial charge is 0.261 e. The Kier molecular flexibility index (Phi) is 4.93. The van der Waals surface area contributed by atoms with Crippen LogP contribution in [0.25, 0.3) is 9.53 Å². The first kappa shape index (κ1) is 16.4. The van der Waals surface area contributed by atoms with E-state index >= 15 is 0 Å². The molecule has 1 amide bonds. The zero-order valence-electron chi connectivity index (χ0n) is 13.3. The van der Waals surface area contributed by atoms with Crippen molar-refractivity contribution in [2.75, 3.05) is 18.0 Å². The van der Waals surface area contributed by atoms with Crippen LogP contribution in [0.1, 0.15) is 34.2 Å². The van der Waals surface area contributed by atoms with E-state index in [9.17, 15) is 4.79 Å². The summed E-state index contributed by atoms with van der Waals surface area (Å²) in [6.45, 7) is 8.56. The first-order chi connectivity index (χ1) is 11.1. The van der Waals surface area contributed by atoms with Crippen molar-refractivity contribution in [3.8, 4) is 0 Å². The predicted molar refractivity (Wildman–Crippen MR) is 99.1 cm³/mol. The van der Waals surface area contributed by atoms with Crippen LogP contribution in [0.2, 0.25) is 0 Å². The molecule has 0 radical (unpaired) electrons. The third-order valence-corrected chi connectivity index (χ3v) is 6.47. The molecule has 0 unspecified atom stereocenters. The number of rotatable bonds is 6. The molecule has 23 heavy (non-hydrogen) atoms. The van der Waals surface area contributed by atoms with Crippen LogP contribution < -0.4 is 10.2 Å². The van der Waals surface area contributed by atoms with Gasteiger partial charge in [-0.2, -0.15) is 0 Å². The molecule has 0 saturated carbocycles. The van der Waals surface area contributed by atoms with Gasteiger partial charge in [0.2, 0.25) is 0 Å². The summed E-state index contributed by atoms with van der Waals surface area (Å²) in [5.41, 5.74) is 0.904. The molecular formula is C15H18N4OS3. The lowest BCUT2D eigenvalue weighted by atomic mass is 10.4. The summed E-state index contributed by atoms with van der Waals surface area (Å²) >= 11 is 4.69. The standard InChI is InChI=1S/C15H18N4OS3/c1-4-19(5-2)15-18-14-12(23-15)6-11(22-14)13(20)16-7-10-8-21-9(3)17-10/h6,8H,4-5,7H2,1-3H3,(H,16,20). The van der Waals surface area contributed by atoms with Crippen molar-refractivity contribution in [1.82, 2.24) is 15.3 Å². The molecular weight excluding hydrogens is 348 g/mol. The molecule has 0 aliphatic rings. The van der Waals surface area contributed by atoms with Gasteiger partial charge in [-0.3, -0.25) is 4.79 Å². The summed E-state index contributed by atoms with van der Waals surface area (Å²) < 4.78 is 1.08. The number of aryl methyl sites for hydroxylation is 1. The molecule has 0 bridgehead atoms. The van der Waals surface area contributed by atoms with Crippen LogP contribution in [0.3, 0.4) is 0 Å². The average Bonchev–Trinajstić information content (AvgIpc) is 3.20. The number of aromatic nitrogens is 2. The van der Waals surface area contributed by atoms with E-state index in [4.69, 9.17) is 0 Å². The normalized spacial score (nSPS) is 11.1. The van der Waals surface area contributed by atoms with Crippen molar-refractivity contribution in [2.45, 2.75) is 27.3 Å². The fourth-order valence-corrected chi connectivity index (χ4v) is 5.08. The molecule has 0 spiro atoms. The molecule has 0 aromatic carbocycles. The van der Waals surface area contributed by atoms with E-state index in [1.165, 1.54) is 11.3 Å². The number of anilines is 1. The van der Waals surface area contributed by atoms with Gasteiger partial charge in [0, 0.05) is 18.5 Å². The average molecular weight is 367 g/mol. The lowest BCUT2D eigenvalue weighted by Gasteiger charge is -2.16. The third kappa shape index (κ3) is 3.54. The largest absolute Gasteiger partial charge is 0.349 e. The van der Waals surface area contributed by atoms with Crippen molar-refractivity contribution in [3.05, 3.63) is 27.0 Å². The Morgan fingerprint density at radius 3 is 2.65 bits per heavy atom. The molecule has 0 atom stereocenters. The summed E-state index contributed by atoms with van der Waals surface area (Å²) in [6.07, 6.45) is 0. The molecule has 0 aliphatic heterocycles. The van der Waals surface area contributed by atoms with Gasteiger partial charge in [-0.25, -0.2) is 9.97 Å². The maximum Gasteiger partial charge on any atom is 0.261 e. The SMILES string of the molecule is CCN(CC)c1nc2sc(C(=O)NCc3csc(C)n3)cc2s1. The highest BCUT2D eigenvalue weighted by atomic mass is 32.1. The van der Waals surface area contributed by atoms with Crippen LogP contribution in [-0.2, 0) is 6.54 Å². The van der Waals surface area contributed by atoms with Gasteiger partial charge >= 0.3 is 0 Å². The monoisotopic (exact) mass is 366 g/mol. The van der Waals surface area contributed by atoms with Gasteiger partial charge < -0.3 is 10.2 Å². The van der Waals surface area contributed by atoms with Crippen molar-refractivity contribution < 1.29 is 4.79 Å². The first-order valence-corrected chi connectivity index (χ1v) is 9.96. The van der Waals surface area contributed by atoms with Gasteiger partial charge in [0.05, 0.1) is 26.8 Å². The van der Waals surface area contributed by atoms with E-state index in [-0.39, 0.29) is 5.91 Å². The number of carbonyl (C=O) groups is 1. The van der Waals surface area contributed by atoms with E-state index in [2.05, 4.69) is 34.0 Å². The Bertz CT molecular complexity index is 784. The van der Waals surface area contributed by atoms with Crippen molar-refractivity contribution in [1.29, 1.82) is 0 Å². The number of thiazole rings is 2. The zero-order chi connectivity index (χ0) is 16.4. The van der Waals surface area contributed by atoms with E-state index in [1.807, 2.05) is 18.4 Å². The van der Waals surface area contributed by atoms with E-state index < -0.39 is 0 Å². The molecule has 5 nitrogen and oxygen atoms in total. The minimum atomic E-state index is -0.0600. The Morgan fingerprint density at radius 1 is 1.26 bits per heavy atom. The number of carbonyl (C=O) groups excluding carboxylic acids is 1. The quantitative estimate of drug-likeness (QED) is 0.719. The first-order valence-electron chi connectivity index (χ1n) is 7.45. The summed E-state index contributed by atoms with van der Waals surface area (Å²) in [4.78, 5) is 25.1. The number of fused-ring (bicyclic) bond motifs is 1. The summed E-state index contributed by atoms with van der Waals surface area (Å²) in [6, 6.07) is 1.94. The molecule has 3 aromatic rings. The number of nitrogens with zero attached hydrogens (tertiary/aromatic N) is 3. The Balaban J connectivity index is 1.70. The minimum absolute atomic E-state index is 0.0600. The Labute approximate surface area is 147 Å². The second-order valence-corrected chi connectivity index (χ2v) is 8.09. The van der Waals surface area contributed by atoms with E-state index in [0.717, 1.165) is 38.5 Å². The van der Waals surface area contributed by atoms with E-state index in [1.54, 1.807) is 22.7 Å². The van der Waals surface area contributed by atoms with Crippen LogP contribution >= 0.6 is 34.0 Å². The lowest BCUT2D eigenvalue weighted by Crippen LogP contribution is -2.22. The molecule has 8 heteroatoms. The highest BCUT2D eigenvalue weighted by Gasteiger charge is 2.16.